The minimum Gasteiger partial charge on any atom is -0.465 e. The second-order valence-corrected chi connectivity index (χ2v) is 5.51. The summed E-state index contributed by atoms with van der Waals surface area (Å²) in [6.07, 6.45) is 0.380. The quantitative estimate of drug-likeness (QED) is 0.768. The number of ether oxygens (including phenoxy) is 1. The van der Waals surface area contributed by atoms with Gasteiger partial charge in [-0.1, -0.05) is 29.8 Å². The van der Waals surface area contributed by atoms with Crippen molar-refractivity contribution < 1.29 is 14.3 Å². The van der Waals surface area contributed by atoms with Crippen LogP contribution in [-0.4, -0.2) is 25.5 Å². The SMILES string of the molecule is COC(=O)c1ccc(NCCC(=O)NCc2cccc(C)c2)cc1. The number of anilines is 1. The standard InChI is InChI=1S/C19H22N2O3/c1-14-4-3-5-15(12-14)13-21-18(22)10-11-20-17-8-6-16(7-9-17)19(23)24-2/h3-9,12,20H,10-11,13H2,1-2H3,(H,21,22). The van der Waals surface area contributed by atoms with Crippen molar-refractivity contribution in [2.45, 2.75) is 19.9 Å². The molecule has 24 heavy (non-hydrogen) atoms. The molecular formula is C19H22N2O3. The Morgan fingerprint density at radius 2 is 1.83 bits per heavy atom. The molecule has 0 fully saturated rings. The predicted octanol–water partition coefficient (Wildman–Crippen LogP) is 2.90. The lowest BCUT2D eigenvalue weighted by Crippen LogP contribution is -2.24. The van der Waals surface area contributed by atoms with Gasteiger partial charge in [0.05, 0.1) is 12.7 Å². The molecule has 2 rings (SSSR count). The van der Waals surface area contributed by atoms with Crippen molar-refractivity contribution in [1.82, 2.24) is 5.32 Å². The third kappa shape index (κ3) is 5.43. The lowest BCUT2D eigenvalue weighted by atomic mass is 10.1. The fourth-order valence-electron chi connectivity index (χ4n) is 2.27. The van der Waals surface area contributed by atoms with Crippen molar-refractivity contribution in [3.05, 3.63) is 65.2 Å². The largest absolute Gasteiger partial charge is 0.465 e. The van der Waals surface area contributed by atoms with E-state index < -0.39 is 0 Å². The molecule has 0 radical (unpaired) electrons. The van der Waals surface area contributed by atoms with Crippen LogP contribution >= 0.6 is 0 Å². The molecule has 2 aromatic carbocycles. The molecular weight excluding hydrogens is 304 g/mol. The van der Waals surface area contributed by atoms with Crippen LogP contribution in [0.5, 0.6) is 0 Å². The first-order valence-electron chi connectivity index (χ1n) is 7.83. The van der Waals surface area contributed by atoms with E-state index in [4.69, 9.17) is 0 Å². The highest BCUT2D eigenvalue weighted by Crippen LogP contribution is 2.10. The summed E-state index contributed by atoms with van der Waals surface area (Å²) >= 11 is 0. The molecule has 0 aliphatic carbocycles. The molecule has 0 saturated carbocycles. The monoisotopic (exact) mass is 326 g/mol. The van der Waals surface area contributed by atoms with E-state index in [-0.39, 0.29) is 11.9 Å². The van der Waals surface area contributed by atoms with E-state index in [1.165, 1.54) is 12.7 Å². The van der Waals surface area contributed by atoms with Crippen LogP contribution < -0.4 is 10.6 Å². The van der Waals surface area contributed by atoms with Crippen LogP contribution in [0.15, 0.2) is 48.5 Å². The number of methoxy groups -OCH3 is 1. The number of hydrogen-bond donors (Lipinski definition) is 2. The van der Waals surface area contributed by atoms with E-state index in [1.54, 1.807) is 24.3 Å². The number of rotatable bonds is 7. The highest BCUT2D eigenvalue weighted by molar-refractivity contribution is 5.89. The van der Waals surface area contributed by atoms with Gasteiger partial charge in [0.2, 0.25) is 5.91 Å². The topological polar surface area (TPSA) is 67.4 Å². The molecule has 0 unspecified atom stereocenters. The first kappa shape index (κ1) is 17.5. The molecule has 2 N–H and O–H groups in total. The van der Waals surface area contributed by atoms with E-state index >= 15 is 0 Å². The summed E-state index contributed by atoms with van der Waals surface area (Å²) in [6, 6.07) is 15.0. The van der Waals surface area contributed by atoms with E-state index in [1.807, 2.05) is 25.1 Å². The smallest absolute Gasteiger partial charge is 0.337 e. The second kappa shape index (κ2) is 8.72. The molecule has 126 valence electrons. The van der Waals surface area contributed by atoms with E-state index in [0.29, 0.717) is 25.1 Å². The molecule has 5 nitrogen and oxygen atoms in total. The van der Waals surface area contributed by atoms with Gasteiger partial charge in [-0.3, -0.25) is 4.79 Å². The van der Waals surface area contributed by atoms with Crippen LogP contribution in [0.4, 0.5) is 5.69 Å². The Balaban J connectivity index is 1.71. The van der Waals surface area contributed by atoms with Crippen molar-refractivity contribution in [2.75, 3.05) is 19.0 Å². The molecule has 5 heteroatoms. The van der Waals surface area contributed by atoms with Gasteiger partial charge in [0.25, 0.3) is 0 Å². The zero-order chi connectivity index (χ0) is 17.4. The van der Waals surface area contributed by atoms with Crippen molar-refractivity contribution in [2.24, 2.45) is 0 Å². The lowest BCUT2D eigenvalue weighted by Gasteiger charge is -2.08. The van der Waals surface area contributed by atoms with E-state index in [0.717, 1.165) is 11.3 Å². The Kier molecular flexibility index (Phi) is 6.37. The molecule has 0 heterocycles. The van der Waals surface area contributed by atoms with E-state index in [9.17, 15) is 9.59 Å². The maximum atomic E-state index is 11.9. The number of carbonyl (C=O) groups is 2. The van der Waals surface area contributed by atoms with Gasteiger partial charge >= 0.3 is 5.97 Å². The van der Waals surface area contributed by atoms with Crippen LogP contribution in [0, 0.1) is 6.92 Å². The molecule has 0 aliphatic rings. The third-order valence-electron chi connectivity index (χ3n) is 3.56. The van der Waals surface area contributed by atoms with Crippen molar-refractivity contribution in [1.29, 1.82) is 0 Å². The van der Waals surface area contributed by atoms with Gasteiger partial charge in [-0.25, -0.2) is 4.79 Å². The third-order valence-corrected chi connectivity index (χ3v) is 3.56. The van der Waals surface area contributed by atoms with Gasteiger partial charge in [-0.15, -0.1) is 0 Å². The van der Waals surface area contributed by atoms with Crippen molar-refractivity contribution >= 4 is 17.6 Å². The van der Waals surface area contributed by atoms with Gasteiger partial charge in [0, 0.05) is 25.2 Å². The van der Waals surface area contributed by atoms with Crippen LogP contribution in [0.2, 0.25) is 0 Å². The van der Waals surface area contributed by atoms with Gasteiger partial charge in [0.1, 0.15) is 0 Å². The highest BCUT2D eigenvalue weighted by atomic mass is 16.5. The second-order valence-electron chi connectivity index (χ2n) is 5.51. The molecule has 0 aromatic heterocycles. The average Bonchev–Trinajstić information content (AvgIpc) is 2.60. The highest BCUT2D eigenvalue weighted by Gasteiger charge is 2.05. The minimum atomic E-state index is -0.364. The Hall–Kier alpha value is -2.82. The van der Waals surface area contributed by atoms with Crippen LogP contribution in [0.1, 0.15) is 27.9 Å². The summed E-state index contributed by atoms with van der Waals surface area (Å²) in [5.74, 6) is -0.368. The van der Waals surface area contributed by atoms with Gasteiger partial charge in [-0.2, -0.15) is 0 Å². The van der Waals surface area contributed by atoms with Gasteiger partial charge in [-0.05, 0) is 36.8 Å². The normalized spacial score (nSPS) is 10.1. The summed E-state index contributed by atoms with van der Waals surface area (Å²) < 4.78 is 4.65. The summed E-state index contributed by atoms with van der Waals surface area (Å²) in [5, 5.41) is 6.06. The maximum Gasteiger partial charge on any atom is 0.337 e. The van der Waals surface area contributed by atoms with Crippen LogP contribution in [0.25, 0.3) is 0 Å². The zero-order valence-electron chi connectivity index (χ0n) is 14.0. The van der Waals surface area contributed by atoms with Crippen LogP contribution in [0.3, 0.4) is 0 Å². The molecule has 0 saturated heterocycles. The lowest BCUT2D eigenvalue weighted by molar-refractivity contribution is -0.121. The molecule has 0 spiro atoms. The Labute approximate surface area is 142 Å². The fraction of sp³-hybridized carbons (Fsp3) is 0.263. The molecule has 0 atom stereocenters. The zero-order valence-corrected chi connectivity index (χ0v) is 14.0. The predicted molar refractivity (Wildman–Crippen MR) is 93.9 cm³/mol. The van der Waals surface area contributed by atoms with Crippen molar-refractivity contribution in [3.63, 3.8) is 0 Å². The first-order chi connectivity index (χ1) is 11.6. The van der Waals surface area contributed by atoms with E-state index in [2.05, 4.69) is 21.4 Å². The molecule has 1 amide bonds. The number of aryl methyl sites for hydroxylation is 1. The number of amides is 1. The van der Waals surface area contributed by atoms with Gasteiger partial charge < -0.3 is 15.4 Å². The Bertz CT molecular complexity index is 696. The molecule has 0 bridgehead atoms. The number of benzene rings is 2. The van der Waals surface area contributed by atoms with Gasteiger partial charge in [0.15, 0.2) is 0 Å². The molecule has 2 aromatic rings. The summed E-state index contributed by atoms with van der Waals surface area (Å²) in [6.45, 7) is 3.09. The van der Waals surface area contributed by atoms with Crippen molar-refractivity contribution in [3.8, 4) is 0 Å². The maximum absolute atomic E-state index is 11.9. The van der Waals surface area contributed by atoms with Crippen LogP contribution in [-0.2, 0) is 16.1 Å². The number of nitrogens with one attached hydrogen (secondary N) is 2. The Morgan fingerprint density at radius 3 is 2.50 bits per heavy atom. The summed E-state index contributed by atoms with van der Waals surface area (Å²) in [4.78, 5) is 23.2. The number of hydrogen-bond acceptors (Lipinski definition) is 4. The molecule has 0 aliphatic heterocycles. The fourth-order valence-corrected chi connectivity index (χ4v) is 2.27. The first-order valence-corrected chi connectivity index (χ1v) is 7.83. The average molecular weight is 326 g/mol. The summed E-state index contributed by atoms with van der Waals surface area (Å²) in [5.41, 5.74) is 3.63. The summed E-state index contributed by atoms with van der Waals surface area (Å²) in [7, 11) is 1.35. The minimum absolute atomic E-state index is 0.00446. The number of carbonyl (C=O) groups excluding carboxylic acids is 2. The number of esters is 1. The Morgan fingerprint density at radius 1 is 1.08 bits per heavy atom.